The van der Waals surface area contributed by atoms with Crippen molar-refractivity contribution in [2.75, 3.05) is 7.11 Å². The molecule has 0 saturated carbocycles. The molecule has 0 aliphatic carbocycles. The van der Waals surface area contributed by atoms with Gasteiger partial charge in [-0.3, -0.25) is 4.79 Å². The Morgan fingerprint density at radius 2 is 2.04 bits per heavy atom. The summed E-state index contributed by atoms with van der Waals surface area (Å²) in [5.41, 5.74) is 1.58. The van der Waals surface area contributed by atoms with E-state index in [0.717, 1.165) is 0 Å². The fourth-order valence-electron chi connectivity index (χ4n) is 2.05. The summed E-state index contributed by atoms with van der Waals surface area (Å²) in [7, 11) is 1.48. The minimum atomic E-state index is -0.849. The van der Waals surface area contributed by atoms with Crippen molar-refractivity contribution in [3.8, 4) is 17.0 Å². The third-order valence-electron chi connectivity index (χ3n) is 3.09. The SMILES string of the molecule is COc1c(C2=NOC(C=O)N2)ncnc1-c1ccc(Cl)c(Cl)c1. The highest BCUT2D eigenvalue weighted by Gasteiger charge is 2.26. The average molecular weight is 353 g/mol. The first kappa shape index (κ1) is 15.5. The number of amidine groups is 1. The largest absolute Gasteiger partial charge is 0.492 e. The zero-order chi connectivity index (χ0) is 16.4. The van der Waals surface area contributed by atoms with Crippen LogP contribution in [0, 0.1) is 0 Å². The Balaban J connectivity index is 2.07. The molecule has 1 aromatic heterocycles. The second kappa shape index (κ2) is 6.39. The number of nitrogens with zero attached hydrogens (tertiary/aromatic N) is 3. The predicted molar refractivity (Wildman–Crippen MR) is 84.6 cm³/mol. The van der Waals surface area contributed by atoms with E-state index in [0.29, 0.717) is 39.0 Å². The van der Waals surface area contributed by atoms with E-state index in [9.17, 15) is 4.79 Å². The molecule has 1 unspecified atom stereocenters. The minimum absolute atomic E-state index is 0.280. The Hall–Kier alpha value is -2.38. The third kappa shape index (κ3) is 2.93. The number of methoxy groups -OCH3 is 1. The van der Waals surface area contributed by atoms with Gasteiger partial charge in [0.15, 0.2) is 23.6 Å². The van der Waals surface area contributed by atoms with Gasteiger partial charge < -0.3 is 14.9 Å². The standard InChI is InChI=1S/C14H10Cl2N4O3/c1-22-13-11(7-2-3-8(15)9(16)4-7)17-6-18-12(13)14-19-10(5-21)23-20-14/h2-6,10H,1H3,(H,19,20). The van der Waals surface area contributed by atoms with Crippen LogP contribution in [0.2, 0.25) is 10.0 Å². The molecule has 0 bridgehead atoms. The van der Waals surface area contributed by atoms with Crippen LogP contribution in [-0.4, -0.2) is 35.4 Å². The van der Waals surface area contributed by atoms with Gasteiger partial charge in [-0.05, 0) is 12.1 Å². The van der Waals surface area contributed by atoms with Crippen LogP contribution in [0.25, 0.3) is 11.3 Å². The molecular formula is C14H10Cl2N4O3. The summed E-state index contributed by atoms with van der Waals surface area (Å²) in [4.78, 5) is 24.0. The number of benzene rings is 1. The minimum Gasteiger partial charge on any atom is -0.492 e. The lowest BCUT2D eigenvalue weighted by atomic mass is 10.1. The summed E-state index contributed by atoms with van der Waals surface area (Å²) in [5, 5.41) is 7.40. The summed E-state index contributed by atoms with van der Waals surface area (Å²) in [6.07, 6.45) is 1.09. The van der Waals surface area contributed by atoms with Crippen LogP contribution in [0.1, 0.15) is 5.69 Å². The number of aldehydes is 1. The number of nitrogens with one attached hydrogen (secondary N) is 1. The van der Waals surface area contributed by atoms with E-state index >= 15 is 0 Å². The Bertz CT molecular complexity index is 798. The van der Waals surface area contributed by atoms with Crippen LogP contribution in [0.3, 0.4) is 0 Å². The molecule has 0 fully saturated rings. The number of carbonyl (C=O) groups excluding carboxylic acids is 1. The van der Waals surface area contributed by atoms with Gasteiger partial charge >= 0.3 is 0 Å². The lowest BCUT2D eigenvalue weighted by molar-refractivity contribution is -0.117. The summed E-state index contributed by atoms with van der Waals surface area (Å²) in [6, 6.07) is 5.10. The summed E-state index contributed by atoms with van der Waals surface area (Å²) in [6.45, 7) is 0. The van der Waals surface area contributed by atoms with Gasteiger partial charge in [0.25, 0.3) is 6.23 Å². The van der Waals surface area contributed by atoms with E-state index in [1.54, 1.807) is 18.2 Å². The number of hydrogen-bond donors (Lipinski definition) is 1. The van der Waals surface area contributed by atoms with Crippen molar-refractivity contribution >= 4 is 35.3 Å². The van der Waals surface area contributed by atoms with Crippen molar-refractivity contribution in [2.24, 2.45) is 5.16 Å². The van der Waals surface area contributed by atoms with Gasteiger partial charge in [0, 0.05) is 5.56 Å². The van der Waals surface area contributed by atoms with Crippen molar-refractivity contribution in [3.05, 3.63) is 40.3 Å². The van der Waals surface area contributed by atoms with E-state index in [2.05, 4.69) is 20.4 Å². The van der Waals surface area contributed by atoms with Crippen molar-refractivity contribution in [2.45, 2.75) is 6.23 Å². The molecule has 3 rings (SSSR count). The molecule has 0 spiro atoms. The first-order chi connectivity index (χ1) is 11.1. The Morgan fingerprint density at radius 1 is 1.26 bits per heavy atom. The molecule has 1 atom stereocenters. The molecule has 1 aromatic carbocycles. The van der Waals surface area contributed by atoms with Gasteiger partial charge in [-0.2, -0.15) is 0 Å². The van der Waals surface area contributed by atoms with E-state index in [4.69, 9.17) is 32.8 Å². The molecular weight excluding hydrogens is 343 g/mol. The average Bonchev–Trinajstić information content (AvgIpc) is 3.05. The number of rotatable bonds is 4. The molecule has 2 heterocycles. The molecule has 2 aromatic rings. The predicted octanol–water partition coefficient (Wildman–Crippen LogP) is 2.27. The fourth-order valence-corrected chi connectivity index (χ4v) is 2.35. The highest BCUT2D eigenvalue weighted by atomic mass is 35.5. The van der Waals surface area contributed by atoms with Crippen LogP contribution in [-0.2, 0) is 9.63 Å². The fraction of sp³-hybridized carbons (Fsp3) is 0.143. The summed E-state index contributed by atoms with van der Waals surface area (Å²) in [5.74, 6) is 0.648. The van der Waals surface area contributed by atoms with Gasteiger partial charge in [0.05, 0.1) is 17.2 Å². The van der Waals surface area contributed by atoms with Crippen molar-refractivity contribution in [1.29, 1.82) is 0 Å². The second-order valence-electron chi connectivity index (χ2n) is 4.48. The Labute approximate surface area is 141 Å². The van der Waals surface area contributed by atoms with Gasteiger partial charge in [-0.25, -0.2) is 9.97 Å². The normalized spacial score (nSPS) is 16.3. The molecule has 1 aliphatic heterocycles. The van der Waals surface area contributed by atoms with Gasteiger partial charge in [0.1, 0.15) is 12.0 Å². The summed E-state index contributed by atoms with van der Waals surface area (Å²) < 4.78 is 5.42. The molecule has 1 aliphatic rings. The maximum atomic E-state index is 10.7. The highest BCUT2D eigenvalue weighted by Crippen LogP contribution is 2.34. The van der Waals surface area contributed by atoms with Crippen molar-refractivity contribution in [1.82, 2.24) is 15.3 Å². The number of aromatic nitrogens is 2. The molecule has 0 radical (unpaired) electrons. The Morgan fingerprint density at radius 3 is 2.70 bits per heavy atom. The maximum absolute atomic E-state index is 10.7. The molecule has 1 N–H and O–H groups in total. The first-order valence-electron chi connectivity index (χ1n) is 6.44. The zero-order valence-electron chi connectivity index (χ0n) is 11.8. The van der Waals surface area contributed by atoms with Crippen molar-refractivity contribution in [3.63, 3.8) is 0 Å². The molecule has 118 valence electrons. The van der Waals surface area contributed by atoms with Crippen LogP contribution >= 0.6 is 23.2 Å². The molecule has 23 heavy (non-hydrogen) atoms. The molecule has 0 amide bonds. The smallest absolute Gasteiger partial charge is 0.254 e. The first-order valence-corrected chi connectivity index (χ1v) is 7.20. The second-order valence-corrected chi connectivity index (χ2v) is 5.29. The molecule has 9 heteroatoms. The van der Waals surface area contributed by atoms with Crippen LogP contribution in [0.5, 0.6) is 5.75 Å². The van der Waals surface area contributed by atoms with Gasteiger partial charge in [-0.15, -0.1) is 0 Å². The maximum Gasteiger partial charge on any atom is 0.254 e. The number of halogens is 2. The van der Waals surface area contributed by atoms with Crippen LogP contribution < -0.4 is 10.1 Å². The lowest BCUT2D eigenvalue weighted by Gasteiger charge is -2.12. The van der Waals surface area contributed by atoms with E-state index < -0.39 is 6.23 Å². The van der Waals surface area contributed by atoms with E-state index in [1.165, 1.54) is 13.4 Å². The third-order valence-corrected chi connectivity index (χ3v) is 3.82. The topological polar surface area (TPSA) is 85.7 Å². The molecule has 0 saturated heterocycles. The number of carbonyl (C=O) groups is 1. The summed E-state index contributed by atoms with van der Waals surface area (Å²) >= 11 is 12.0. The molecule has 7 nitrogen and oxygen atoms in total. The lowest BCUT2D eigenvalue weighted by Crippen LogP contribution is -2.31. The Kier molecular flexibility index (Phi) is 4.31. The number of oxime groups is 1. The van der Waals surface area contributed by atoms with Crippen molar-refractivity contribution < 1.29 is 14.4 Å². The van der Waals surface area contributed by atoms with E-state index in [-0.39, 0.29) is 5.84 Å². The van der Waals surface area contributed by atoms with Gasteiger partial charge in [-0.1, -0.05) is 34.4 Å². The number of hydrogen-bond acceptors (Lipinski definition) is 7. The van der Waals surface area contributed by atoms with Crippen LogP contribution in [0.15, 0.2) is 29.7 Å². The van der Waals surface area contributed by atoms with Gasteiger partial charge in [0.2, 0.25) is 0 Å². The quantitative estimate of drug-likeness (QED) is 0.849. The number of ether oxygens (including phenoxy) is 1. The monoisotopic (exact) mass is 352 g/mol. The van der Waals surface area contributed by atoms with E-state index in [1.807, 2.05) is 0 Å². The van der Waals surface area contributed by atoms with Crippen LogP contribution in [0.4, 0.5) is 0 Å². The highest BCUT2D eigenvalue weighted by molar-refractivity contribution is 6.42. The zero-order valence-corrected chi connectivity index (χ0v) is 13.3.